The third kappa shape index (κ3) is 2.77. The predicted molar refractivity (Wildman–Crippen MR) is 77.6 cm³/mol. The van der Waals surface area contributed by atoms with Gasteiger partial charge in [-0.3, -0.25) is 4.79 Å². The van der Waals surface area contributed by atoms with Crippen molar-refractivity contribution in [3.8, 4) is 6.01 Å². The minimum atomic E-state index is -0.187. The van der Waals surface area contributed by atoms with Crippen LogP contribution in [0.3, 0.4) is 0 Å². The van der Waals surface area contributed by atoms with Gasteiger partial charge in [-0.25, -0.2) is 4.98 Å². The van der Waals surface area contributed by atoms with E-state index in [1.807, 2.05) is 13.8 Å². The fraction of sp³-hybridized carbons (Fsp3) is 0.385. The number of carbonyl (C=O) groups is 1. The lowest BCUT2D eigenvalue weighted by Crippen LogP contribution is -2.15. The van der Waals surface area contributed by atoms with Gasteiger partial charge >= 0.3 is 6.01 Å². The molecule has 0 aliphatic carbocycles. The van der Waals surface area contributed by atoms with Gasteiger partial charge in [0.25, 0.3) is 5.91 Å². The number of aryl methyl sites for hydroxylation is 4. The quantitative estimate of drug-likeness (QED) is 0.940. The Morgan fingerprint density at radius 3 is 2.10 bits per heavy atom. The lowest BCUT2D eigenvalue weighted by molar-refractivity contribution is 0.102. The SMILES string of the molecule is COc1nc(C)c(NC(=O)c2sc(C)nc2C)c(C)n1. The number of hydrogen-bond acceptors (Lipinski definition) is 6. The first-order valence-electron chi connectivity index (χ1n) is 6.07. The topological polar surface area (TPSA) is 77.0 Å². The molecule has 0 aliphatic rings. The first-order chi connectivity index (χ1) is 9.42. The third-order valence-electron chi connectivity index (χ3n) is 2.78. The molecular formula is C13H16N4O2S. The van der Waals surface area contributed by atoms with Crippen LogP contribution in [0.25, 0.3) is 0 Å². The molecule has 0 bridgehead atoms. The summed E-state index contributed by atoms with van der Waals surface area (Å²) >= 11 is 1.37. The maximum absolute atomic E-state index is 12.3. The second-order valence-corrected chi connectivity index (χ2v) is 5.56. The van der Waals surface area contributed by atoms with Crippen LogP contribution < -0.4 is 10.1 Å². The number of nitrogens with zero attached hydrogens (tertiary/aromatic N) is 3. The standard InChI is InChI=1S/C13H16N4O2S/c1-6-10(7(2)16-13(15-6)19-5)17-12(18)11-8(3)14-9(4)20-11/h1-5H3,(H,17,18). The van der Waals surface area contributed by atoms with E-state index in [9.17, 15) is 4.79 Å². The Kier molecular flexibility index (Phi) is 3.99. The summed E-state index contributed by atoms with van der Waals surface area (Å²) in [5.74, 6) is -0.187. The fourth-order valence-electron chi connectivity index (χ4n) is 1.87. The normalized spacial score (nSPS) is 10.4. The van der Waals surface area contributed by atoms with Crippen molar-refractivity contribution in [2.24, 2.45) is 0 Å². The van der Waals surface area contributed by atoms with Crippen molar-refractivity contribution >= 4 is 22.9 Å². The summed E-state index contributed by atoms with van der Waals surface area (Å²) < 4.78 is 5.00. The zero-order chi connectivity index (χ0) is 14.9. The van der Waals surface area contributed by atoms with E-state index < -0.39 is 0 Å². The van der Waals surface area contributed by atoms with Crippen molar-refractivity contribution in [1.82, 2.24) is 15.0 Å². The summed E-state index contributed by atoms with van der Waals surface area (Å²) in [6.45, 7) is 7.30. The number of amides is 1. The highest BCUT2D eigenvalue weighted by Crippen LogP contribution is 2.23. The Morgan fingerprint density at radius 2 is 1.65 bits per heavy atom. The number of nitrogens with one attached hydrogen (secondary N) is 1. The number of aromatic nitrogens is 3. The van der Waals surface area contributed by atoms with Gasteiger partial charge in [-0.05, 0) is 27.7 Å². The fourth-order valence-corrected chi connectivity index (χ4v) is 2.69. The molecule has 0 saturated carbocycles. The van der Waals surface area contributed by atoms with Gasteiger partial charge in [0, 0.05) is 0 Å². The van der Waals surface area contributed by atoms with Crippen molar-refractivity contribution in [3.63, 3.8) is 0 Å². The minimum absolute atomic E-state index is 0.187. The zero-order valence-electron chi connectivity index (χ0n) is 12.1. The van der Waals surface area contributed by atoms with Crippen LogP contribution in [0.5, 0.6) is 6.01 Å². The van der Waals surface area contributed by atoms with E-state index in [4.69, 9.17) is 4.74 Å². The van der Waals surface area contributed by atoms with E-state index >= 15 is 0 Å². The molecule has 1 amide bonds. The molecular weight excluding hydrogens is 276 g/mol. The van der Waals surface area contributed by atoms with E-state index in [-0.39, 0.29) is 5.91 Å². The van der Waals surface area contributed by atoms with Crippen LogP contribution >= 0.6 is 11.3 Å². The number of methoxy groups -OCH3 is 1. The lowest BCUT2D eigenvalue weighted by Gasteiger charge is -2.11. The molecule has 0 aromatic carbocycles. The Balaban J connectivity index is 2.31. The predicted octanol–water partition coefficient (Wildman–Crippen LogP) is 2.43. The van der Waals surface area contributed by atoms with Crippen molar-refractivity contribution in [2.45, 2.75) is 27.7 Å². The molecule has 6 nitrogen and oxygen atoms in total. The van der Waals surface area contributed by atoms with Crippen LogP contribution in [0.1, 0.15) is 31.8 Å². The molecule has 20 heavy (non-hydrogen) atoms. The van der Waals surface area contributed by atoms with E-state index in [0.717, 1.165) is 10.7 Å². The maximum atomic E-state index is 12.3. The molecule has 0 spiro atoms. The van der Waals surface area contributed by atoms with Gasteiger partial charge in [0.1, 0.15) is 4.88 Å². The highest BCUT2D eigenvalue weighted by Gasteiger charge is 2.17. The molecule has 0 radical (unpaired) electrons. The number of anilines is 1. The van der Waals surface area contributed by atoms with Crippen LogP contribution in [0.15, 0.2) is 0 Å². The summed E-state index contributed by atoms with van der Waals surface area (Å²) in [4.78, 5) is 25.5. The second-order valence-electron chi connectivity index (χ2n) is 4.36. The zero-order valence-corrected chi connectivity index (χ0v) is 12.9. The van der Waals surface area contributed by atoms with Gasteiger partial charge in [0.2, 0.25) is 0 Å². The summed E-state index contributed by atoms with van der Waals surface area (Å²) in [5, 5.41) is 3.72. The van der Waals surface area contributed by atoms with Gasteiger partial charge in [0.05, 0.1) is 34.9 Å². The smallest absolute Gasteiger partial charge is 0.316 e. The number of thiazole rings is 1. The molecule has 2 aromatic rings. The molecule has 1 N–H and O–H groups in total. The van der Waals surface area contributed by atoms with Crippen LogP contribution in [-0.4, -0.2) is 28.0 Å². The number of carbonyl (C=O) groups excluding carboxylic acids is 1. The average Bonchev–Trinajstić information content (AvgIpc) is 2.72. The molecule has 2 aromatic heterocycles. The molecule has 0 atom stereocenters. The molecule has 0 fully saturated rings. The first-order valence-corrected chi connectivity index (χ1v) is 6.88. The molecule has 106 valence electrons. The van der Waals surface area contributed by atoms with Gasteiger partial charge in [-0.1, -0.05) is 0 Å². The van der Waals surface area contributed by atoms with Crippen LogP contribution in [-0.2, 0) is 0 Å². The van der Waals surface area contributed by atoms with Gasteiger partial charge in [-0.2, -0.15) is 9.97 Å². The number of rotatable bonds is 3. The molecule has 7 heteroatoms. The second kappa shape index (κ2) is 5.54. The largest absolute Gasteiger partial charge is 0.467 e. The van der Waals surface area contributed by atoms with Gasteiger partial charge in [0.15, 0.2) is 0 Å². The molecule has 0 unspecified atom stereocenters. The van der Waals surface area contributed by atoms with Crippen molar-refractivity contribution in [3.05, 3.63) is 27.0 Å². The Bertz CT molecular complexity index is 643. The maximum Gasteiger partial charge on any atom is 0.316 e. The molecule has 2 heterocycles. The van der Waals surface area contributed by atoms with Gasteiger partial charge in [-0.15, -0.1) is 11.3 Å². The van der Waals surface area contributed by atoms with E-state index in [0.29, 0.717) is 28.0 Å². The van der Waals surface area contributed by atoms with Crippen LogP contribution in [0.2, 0.25) is 0 Å². The highest BCUT2D eigenvalue weighted by atomic mass is 32.1. The number of ether oxygens (including phenoxy) is 1. The van der Waals surface area contributed by atoms with E-state index in [1.165, 1.54) is 18.4 Å². The van der Waals surface area contributed by atoms with E-state index in [1.54, 1.807) is 13.8 Å². The summed E-state index contributed by atoms with van der Waals surface area (Å²) in [6.07, 6.45) is 0. The van der Waals surface area contributed by atoms with Crippen molar-refractivity contribution in [2.75, 3.05) is 12.4 Å². The van der Waals surface area contributed by atoms with Gasteiger partial charge < -0.3 is 10.1 Å². The summed E-state index contributed by atoms with van der Waals surface area (Å²) in [7, 11) is 1.51. The van der Waals surface area contributed by atoms with Crippen LogP contribution in [0.4, 0.5) is 5.69 Å². The molecule has 0 saturated heterocycles. The minimum Gasteiger partial charge on any atom is -0.467 e. The van der Waals surface area contributed by atoms with Crippen LogP contribution in [0, 0.1) is 27.7 Å². The Labute approximate surface area is 121 Å². The van der Waals surface area contributed by atoms with Crippen molar-refractivity contribution in [1.29, 1.82) is 0 Å². The Morgan fingerprint density at radius 1 is 1.05 bits per heavy atom. The summed E-state index contributed by atoms with van der Waals surface area (Å²) in [6, 6.07) is 0.294. The summed E-state index contributed by atoms with van der Waals surface area (Å²) in [5.41, 5.74) is 2.68. The molecule has 2 rings (SSSR count). The highest BCUT2D eigenvalue weighted by molar-refractivity contribution is 7.13. The number of hydrogen-bond donors (Lipinski definition) is 1. The van der Waals surface area contributed by atoms with Crippen molar-refractivity contribution < 1.29 is 9.53 Å². The monoisotopic (exact) mass is 292 g/mol. The third-order valence-corrected chi connectivity index (χ3v) is 3.85. The van der Waals surface area contributed by atoms with E-state index in [2.05, 4.69) is 20.3 Å². The Hall–Kier alpha value is -2.02. The lowest BCUT2D eigenvalue weighted by atomic mass is 10.2. The molecule has 0 aliphatic heterocycles. The first kappa shape index (κ1) is 14.4. The average molecular weight is 292 g/mol.